The molecule has 0 bridgehead atoms. The lowest BCUT2D eigenvalue weighted by atomic mass is 9.94. The van der Waals surface area contributed by atoms with Gasteiger partial charge >= 0.3 is 12.1 Å². The number of hydrogen-bond acceptors (Lipinski definition) is 5. The van der Waals surface area contributed by atoms with Crippen molar-refractivity contribution < 1.29 is 31.1 Å². The molecule has 0 aliphatic heterocycles. The number of aromatic nitrogens is 2. The molecule has 0 spiro atoms. The van der Waals surface area contributed by atoms with E-state index in [4.69, 9.17) is 4.74 Å². The average molecular weight is 443 g/mol. The minimum Gasteiger partial charge on any atom is -0.465 e. The molecule has 3 rings (SSSR count). The summed E-state index contributed by atoms with van der Waals surface area (Å²) in [5.41, 5.74) is 0.492. The first-order chi connectivity index (χ1) is 14.0. The molecule has 162 valence electrons. The number of nitrogens with zero attached hydrogens (tertiary/aromatic N) is 2. The van der Waals surface area contributed by atoms with Gasteiger partial charge < -0.3 is 4.74 Å². The van der Waals surface area contributed by atoms with E-state index in [1.54, 1.807) is 6.92 Å². The molecule has 30 heavy (non-hydrogen) atoms. The highest BCUT2D eigenvalue weighted by molar-refractivity contribution is 7.89. The molecule has 0 saturated heterocycles. The molecule has 0 saturated carbocycles. The second-order valence-electron chi connectivity index (χ2n) is 7.11. The largest absolute Gasteiger partial charge is 0.465 e. The number of fused-ring (bicyclic) bond motifs is 1. The minimum absolute atomic E-state index is 0.0878. The Balaban J connectivity index is 1.87. The van der Waals surface area contributed by atoms with Crippen LogP contribution in [0.3, 0.4) is 0 Å². The lowest BCUT2D eigenvalue weighted by Crippen LogP contribution is -2.32. The third kappa shape index (κ3) is 4.86. The van der Waals surface area contributed by atoms with Crippen molar-refractivity contribution in [2.75, 3.05) is 6.61 Å². The Bertz CT molecular complexity index is 1050. The van der Waals surface area contributed by atoms with Gasteiger partial charge in [0.05, 0.1) is 29.3 Å². The number of nitrogens with one attached hydrogen (secondary N) is 1. The van der Waals surface area contributed by atoms with Crippen molar-refractivity contribution in [3.63, 3.8) is 0 Å². The Morgan fingerprint density at radius 3 is 2.77 bits per heavy atom. The van der Waals surface area contributed by atoms with Gasteiger partial charge in [-0.3, -0.25) is 9.48 Å². The van der Waals surface area contributed by atoms with Crippen LogP contribution < -0.4 is 10.2 Å². The topological polar surface area (TPSA) is 90.3 Å². The fraction of sp³-hybridized carbons (Fsp3) is 0.444. The van der Waals surface area contributed by atoms with Crippen LogP contribution in [0.5, 0.6) is 0 Å². The molecule has 0 amide bonds. The number of benzene rings is 1. The van der Waals surface area contributed by atoms with Gasteiger partial charge in [-0.1, -0.05) is 11.5 Å². The van der Waals surface area contributed by atoms with E-state index in [-0.39, 0.29) is 18.6 Å². The van der Waals surface area contributed by atoms with Gasteiger partial charge in [0.2, 0.25) is 10.0 Å². The van der Waals surface area contributed by atoms with Crippen molar-refractivity contribution in [2.45, 2.75) is 49.8 Å². The zero-order valence-electron chi connectivity index (χ0n) is 16.5. The number of carbonyl (C=O) groups is 1. The number of carbonyl (C=O) groups excluding carboxylic acids is 1. The first-order valence-electron chi connectivity index (χ1n) is 9.42. The summed E-state index contributed by atoms with van der Waals surface area (Å²) in [5, 5.41) is 4.17. The third-order valence-corrected chi connectivity index (χ3v) is 6.28. The summed E-state index contributed by atoms with van der Waals surface area (Å²) in [6, 6.07) is 2.08. The summed E-state index contributed by atoms with van der Waals surface area (Å²) in [6.07, 6.45) is -1.46. The van der Waals surface area contributed by atoms with E-state index >= 15 is 0 Å². The summed E-state index contributed by atoms with van der Waals surface area (Å²) in [6.45, 7) is 1.84. The number of rotatable bonds is 6. The van der Waals surface area contributed by atoms with Crippen molar-refractivity contribution in [1.29, 1.82) is 0 Å². The second kappa shape index (κ2) is 8.42. The zero-order chi connectivity index (χ0) is 22.1. The molecule has 1 atom stereocenters. The maximum absolute atomic E-state index is 13.1. The van der Waals surface area contributed by atoms with Crippen LogP contribution in [0.2, 0.25) is 0 Å². The van der Waals surface area contributed by atoms with E-state index in [1.807, 2.05) is 0 Å². The summed E-state index contributed by atoms with van der Waals surface area (Å²) >= 11 is 0. The summed E-state index contributed by atoms with van der Waals surface area (Å²) < 4.78 is 73.8. The first-order valence-corrected chi connectivity index (χ1v) is 10.9. The van der Waals surface area contributed by atoms with E-state index in [1.165, 1.54) is 24.8 Å². The fourth-order valence-electron chi connectivity index (χ4n) is 3.53. The molecule has 1 heterocycles. The number of alkyl halides is 3. The predicted molar refractivity (Wildman–Crippen MR) is 104 cm³/mol. The van der Waals surface area contributed by atoms with Gasteiger partial charge in [0.15, 0.2) is 0 Å². The van der Waals surface area contributed by atoms with Crippen LogP contribution in [-0.2, 0) is 38.7 Å². The number of hydrogen-bond donors (Lipinski definition) is 1. The Kier molecular flexibility index (Phi) is 6.28. The van der Waals surface area contributed by atoms with Gasteiger partial charge in [-0.25, -0.2) is 13.1 Å². The lowest BCUT2D eigenvalue weighted by molar-refractivity contribution is -0.144. The zero-order valence-corrected chi connectivity index (χ0v) is 17.3. The van der Waals surface area contributed by atoms with Crippen molar-refractivity contribution in [3.8, 4) is 0 Å². The molecule has 0 fully saturated rings. The SMILES string of the molecule is Bc1cc(C(F)(F)F)cc(S(=O)(=O)N[C@@H]2CCCc3c2cnn3CC(=O)OCC)c1. The molecule has 0 unspecified atom stereocenters. The predicted octanol–water partition coefficient (Wildman–Crippen LogP) is 1.08. The van der Waals surface area contributed by atoms with Crippen LogP contribution in [-0.4, -0.2) is 38.6 Å². The highest BCUT2D eigenvalue weighted by Gasteiger charge is 2.33. The van der Waals surface area contributed by atoms with Crippen LogP contribution in [0.1, 0.15) is 42.6 Å². The van der Waals surface area contributed by atoms with Crippen LogP contribution in [0.15, 0.2) is 29.3 Å². The molecule has 1 aliphatic rings. The Morgan fingerprint density at radius 2 is 2.10 bits per heavy atom. The number of esters is 1. The normalized spacial score (nSPS) is 16.9. The third-order valence-electron chi connectivity index (χ3n) is 4.83. The lowest BCUT2D eigenvalue weighted by Gasteiger charge is -2.24. The number of sulfonamides is 1. The van der Waals surface area contributed by atoms with Crippen LogP contribution in [0.25, 0.3) is 0 Å². The molecule has 1 aromatic carbocycles. The van der Waals surface area contributed by atoms with E-state index in [2.05, 4.69) is 9.82 Å². The smallest absolute Gasteiger partial charge is 0.416 e. The Morgan fingerprint density at radius 1 is 1.37 bits per heavy atom. The Labute approximate surface area is 173 Å². The van der Waals surface area contributed by atoms with Gasteiger partial charge in [0, 0.05) is 11.3 Å². The van der Waals surface area contributed by atoms with E-state index in [0.29, 0.717) is 36.6 Å². The average Bonchev–Trinajstić information content (AvgIpc) is 3.04. The maximum atomic E-state index is 13.1. The summed E-state index contributed by atoms with van der Waals surface area (Å²) in [7, 11) is -2.80. The molecule has 1 aliphatic carbocycles. The van der Waals surface area contributed by atoms with Crippen molar-refractivity contribution >= 4 is 29.3 Å². The molecule has 1 N–H and O–H groups in total. The van der Waals surface area contributed by atoms with Gasteiger partial charge in [-0.05, 0) is 38.3 Å². The van der Waals surface area contributed by atoms with Gasteiger partial charge in [0.1, 0.15) is 14.4 Å². The van der Waals surface area contributed by atoms with Crippen LogP contribution in [0.4, 0.5) is 13.2 Å². The molecule has 0 radical (unpaired) electrons. The first kappa shape index (κ1) is 22.4. The highest BCUT2D eigenvalue weighted by atomic mass is 32.2. The molecule has 2 aromatic rings. The van der Waals surface area contributed by atoms with Crippen molar-refractivity contribution in [2.24, 2.45) is 0 Å². The van der Waals surface area contributed by atoms with E-state index in [0.717, 1.165) is 6.07 Å². The minimum atomic E-state index is -4.65. The molecule has 7 nitrogen and oxygen atoms in total. The van der Waals surface area contributed by atoms with Crippen LogP contribution >= 0.6 is 0 Å². The van der Waals surface area contributed by atoms with E-state index < -0.39 is 38.7 Å². The van der Waals surface area contributed by atoms with Crippen LogP contribution in [0, 0.1) is 0 Å². The number of halogens is 3. The van der Waals surface area contributed by atoms with Crippen molar-refractivity contribution in [1.82, 2.24) is 14.5 Å². The Hall–Kier alpha value is -2.34. The summed E-state index contributed by atoms with van der Waals surface area (Å²) in [5.74, 6) is -0.453. The summed E-state index contributed by atoms with van der Waals surface area (Å²) in [4.78, 5) is 11.3. The fourth-order valence-corrected chi connectivity index (χ4v) is 4.91. The monoisotopic (exact) mass is 443 g/mol. The molecule has 12 heteroatoms. The molecule has 1 aromatic heterocycles. The highest BCUT2D eigenvalue weighted by Crippen LogP contribution is 2.33. The van der Waals surface area contributed by atoms with Gasteiger partial charge in [-0.15, -0.1) is 0 Å². The molecular formula is C18H21BF3N3O4S. The standard InChI is InChI=1S/C18H21BF3N3O4S/c1-2-29-17(26)10-25-16-5-3-4-15(14(16)9-23-25)24-30(27,28)13-7-11(18(20,21)22)6-12(19)8-13/h6-9,15,24H,2-5,10,19H2,1H3/t15-/m1/s1. The number of ether oxygens (including phenoxy) is 1. The maximum Gasteiger partial charge on any atom is 0.416 e. The second-order valence-corrected chi connectivity index (χ2v) is 8.82. The van der Waals surface area contributed by atoms with Gasteiger partial charge in [0.25, 0.3) is 0 Å². The van der Waals surface area contributed by atoms with Crippen molar-refractivity contribution in [3.05, 3.63) is 41.2 Å². The quantitative estimate of drug-likeness (QED) is 0.533. The van der Waals surface area contributed by atoms with Gasteiger partial charge in [-0.2, -0.15) is 18.3 Å². The molecular weight excluding hydrogens is 422 g/mol. The van der Waals surface area contributed by atoms with E-state index in [9.17, 15) is 26.4 Å².